The summed E-state index contributed by atoms with van der Waals surface area (Å²) >= 11 is 6.28. The molecule has 1 N–H and O–H groups in total. The molecule has 21 heavy (non-hydrogen) atoms. The highest BCUT2D eigenvalue weighted by atomic mass is 35.5. The molecule has 0 spiro atoms. The summed E-state index contributed by atoms with van der Waals surface area (Å²) in [5.41, 5.74) is 1.53. The van der Waals surface area contributed by atoms with E-state index in [0.717, 1.165) is 12.2 Å². The summed E-state index contributed by atoms with van der Waals surface area (Å²) < 4.78 is 14.9. The van der Waals surface area contributed by atoms with Crippen molar-refractivity contribution in [3.63, 3.8) is 0 Å². The van der Waals surface area contributed by atoms with Gasteiger partial charge in [0.15, 0.2) is 0 Å². The third-order valence-electron chi connectivity index (χ3n) is 3.20. The highest BCUT2D eigenvalue weighted by molar-refractivity contribution is 6.31. The van der Waals surface area contributed by atoms with Crippen molar-refractivity contribution in [3.8, 4) is 0 Å². The largest absolute Gasteiger partial charge is 0.308 e. The molecule has 2 heterocycles. The predicted molar refractivity (Wildman–Crippen MR) is 80.9 cm³/mol. The number of halogens is 2. The van der Waals surface area contributed by atoms with Gasteiger partial charge in [-0.2, -0.15) is 5.10 Å². The van der Waals surface area contributed by atoms with Crippen molar-refractivity contribution >= 4 is 11.6 Å². The van der Waals surface area contributed by atoms with E-state index in [2.05, 4.69) is 20.3 Å². The topological polar surface area (TPSA) is 46.0 Å². The molecule has 0 aromatic carbocycles. The van der Waals surface area contributed by atoms with Gasteiger partial charge in [-0.3, -0.25) is 9.67 Å². The smallest absolute Gasteiger partial charge is 0.141 e. The van der Waals surface area contributed by atoms with Crippen LogP contribution in [0.25, 0.3) is 0 Å². The number of nitrogens with one attached hydrogen (secondary N) is 1. The van der Waals surface area contributed by atoms with E-state index < -0.39 is 0 Å². The van der Waals surface area contributed by atoms with E-state index >= 15 is 0 Å². The third kappa shape index (κ3) is 3.78. The van der Waals surface area contributed by atoms with Crippen LogP contribution in [-0.4, -0.2) is 47.4 Å². The Labute approximate surface area is 128 Å². The second-order valence-electron chi connectivity index (χ2n) is 5.03. The van der Waals surface area contributed by atoms with Gasteiger partial charge in [-0.05, 0) is 33.3 Å². The van der Waals surface area contributed by atoms with Gasteiger partial charge in [0.2, 0.25) is 0 Å². The second kappa shape index (κ2) is 6.98. The molecule has 1 atom stereocenters. The molecule has 0 fully saturated rings. The van der Waals surface area contributed by atoms with Gasteiger partial charge in [0, 0.05) is 6.54 Å². The molecule has 0 saturated heterocycles. The van der Waals surface area contributed by atoms with Crippen molar-refractivity contribution in [3.05, 3.63) is 46.8 Å². The zero-order valence-corrected chi connectivity index (χ0v) is 13.1. The van der Waals surface area contributed by atoms with Crippen LogP contribution in [0, 0.1) is 5.82 Å². The molecule has 114 valence electrons. The number of pyridine rings is 1. The third-order valence-corrected chi connectivity index (χ3v) is 3.49. The number of hydrogen-bond donors (Lipinski definition) is 1. The number of rotatable bonds is 6. The Kier molecular flexibility index (Phi) is 5.27. The molecular weight excluding hydrogens is 293 g/mol. The number of likely N-dealkylation sites (N-methyl/N-ethyl adjacent to an activating group) is 1. The summed E-state index contributed by atoms with van der Waals surface area (Å²) in [6, 6.07) is 2.81. The fourth-order valence-electron chi connectivity index (χ4n) is 2.11. The van der Waals surface area contributed by atoms with Crippen LogP contribution >= 0.6 is 11.6 Å². The first kappa shape index (κ1) is 15.9. The van der Waals surface area contributed by atoms with Crippen molar-refractivity contribution in [1.82, 2.24) is 25.0 Å². The minimum absolute atomic E-state index is 0.234. The Balaban J connectivity index is 2.33. The van der Waals surface area contributed by atoms with Crippen molar-refractivity contribution in [2.75, 3.05) is 27.7 Å². The van der Waals surface area contributed by atoms with Crippen LogP contribution in [0.5, 0.6) is 0 Å². The Hall–Kier alpha value is -1.50. The molecular formula is C14H19ClFN5. The lowest BCUT2D eigenvalue weighted by Crippen LogP contribution is -2.26. The van der Waals surface area contributed by atoms with Gasteiger partial charge in [0.1, 0.15) is 5.82 Å². The van der Waals surface area contributed by atoms with Crippen molar-refractivity contribution in [2.24, 2.45) is 0 Å². The molecule has 0 bridgehead atoms. The van der Waals surface area contributed by atoms with E-state index in [0.29, 0.717) is 17.3 Å². The predicted octanol–water partition coefficient (Wildman–Crippen LogP) is 1.94. The zero-order valence-electron chi connectivity index (χ0n) is 12.3. The Bertz CT molecular complexity index is 582. The van der Waals surface area contributed by atoms with Crippen molar-refractivity contribution in [1.29, 1.82) is 0 Å². The summed E-state index contributed by atoms with van der Waals surface area (Å²) in [6.45, 7) is 1.56. The number of nitrogens with zero attached hydrogens (tertiary/aromatic N) is 4. The fraction of sp³-hybridized carbons (Fsp3) is 0.429. The van der Waals surface area contributed by atoms with Crippen LogP contribution < -0.4 is 5.32 Å². The van der Waals surface area contributed by atoms with Crippen molar-refractivity contribution in [2.45, 2.75) is 12.6 Å². The van der Waals surface area contributed by atoms with E-state index in [4.69, 9.17) is 11.6 Å². The fourth-order valence-corrected chi connectivity index (χ4v) is 2.36. The first-order chi connectivity index (χ1) is 10.0. The number of aromatic nitrogens is 3. The maximum absolute atomic E-state index is 13.0. The Morgan fingerprint density at radius 2 is 2.14 bits per heavy atom. The van der Waals surface area contributed by atoms with E-state index in [-0.39, 0.29) is 11.9 Å². The van der Waals surface area contributed by atoms with E-state index in [1.165, 1.54) is 12.3 Å². The minimum Gasteiger partial charge on any atom is -0.308 e. The first-order valence-electron chi connectivity index (χ1n) is 6.67. The van der Waals surface area contributed by atoms with Crippen LogP contribution in [0.15, 0.2) is 24.5 Å². The van der Waals surface area contributed by atoms with Crippen LogP contribution in [0.1, 0.15) is 17.4 Å². The summed E-state index contributed by atoms with van der Waals surface area (Å²) in [7, 11) is 5.82. The van der Waals surface area contributed by atoms with E-state index in [1.807, 2.05) is 25.8 Å². The number of hydrogen-bond acceptors (Lipinski definition) is 4. The standard InChI is InChI=1S/C14H19ClFN5/c1-17-13(12-5-4-10(16)8-18-12)14-11(15)9-19-21(14)7-6-20(2)3/h4-5,8-9,13,17H,6-7H2,1-3H3. The van der Waals surface area contributed by atoms with Gasteiger partial charge < -0.3 is 10.2 Å². The van der Waals surface area contributed by atoms with Crippen LogP contribution in [0.4, 0.5) is 4.39 Å². The highest BCUT2D eigenvalue weighted by Crippen LogP contribution is 2.27. The molecule has 2 aromatic heterocycles. The van der Waals surface area contributed by atoms with Crippen LogP contribution in [0.2, 0.25) is 5.02 Å². The summed E-state index contributed by atoms with van der Waals surface area (Å²) in [6.07, 6.45) is 2.83. The Morgan fingerprint density at radius 3 is 2.71 bits per heavy atom. The van der Waals surface area contributed by atoms with Gasteiger partial charge in [0.05, 0.1) is 41.4 Å². The molecule has 2 aromatic rings. The molecule has 0 aliphatic heterocycles. The molecule has 0 aliphatic rings. The normalized spacial score (nSPS) is 12.9. The van der Waals surface area contributed by atoms with Gasteiger partial charge >= 0.3 is 0 Å². The maximum atomic E-state index is 13.0. The SMILES string of the molecule is CNC(c1ccc(F)cn1)c1c(Cl)cnn1CCN(C)C. The van der Waals surface area contributed by atoms with E-state index in [1.54, 1.807) is 12.3 Å². The minimum atomic E-state index is -0.360. The lowest BCUT2D eigenvalue weighted by atomic mass is 10.1. The van der Waals surface area contributed by atoms with Crippen LogP contribution in [-0.2, 0) is 6.54 Å². The average Bonchev–Trinajstić information content (AvgIpc) is 2.81. The van der Waals surface area contributed by atoms with Gasteiger partial charge in [0.25, 0.3) is 0 Å². The monoisotopic (exact) mass is 311 g/mol. The highest BCUT2D eigenvalue weighted by Gasteiger charge is 2.22. The molecule has 0 amide bonds. The lowest BCUT2D eigenvalue weighted by molar-refractivity contribution is 0.366. The Morgan fingerprint density at radius 1 is 1.38 bits per heavy atom. The lowest BCUT2D eigenvalue weighted by Gasteiger charge is -2.19. The van der Waals surface area contributed by atoms with Gasteiger partial charge in [-0.1, -0.05) is 11.6 Å². The quantitative estimate of drug-likeness (QED) is 0.885. The molecule has 0 aliphatic carbocycles. The molecule has 7 heteroatoms. The van der Waals surface area contributed by atoms with E-state index in [9.17, 15) is 4.39 Å². The molecule has 1 unspecified atom stereocenters. The summed E-state index contributed by atoms with van der Waals surface area (Å²) in [5, 5.41) is 8.05. The molecule has 5 nitrogen and oxygen atoms in total. The van der Waals surface area contributed by atoms with Crippen LogP contribution in [0.3, 0.4) is 0 Å². The maximum Gasteiger partial charge on any atom is 0.141 e. The van der Waals surface area contributed by atoms with Gasteiger partial charge in [-0.15, -0.1) is 0 Å². The van der Waals surface area contributed by atoms with Crippen molar-refractivity contribution < 1.29 is 4.39 Å². The van der Waals surface area contributed by atoms with Gasteiger partial charge in [-0.25, -0.2) is 4.39 Å². The zero-order chi connectivity index (χ0) is 15.4. The summed E-state index contributed by atoms with van der Waals surface area (Å²) in [5.74, 6) is -0.360. The average molecular weight is 312 g/mol. The molecule has 2 rings (SSSR count). The molecule has 0 saturated carbocycles. The first-order valence-corrected chi connectivity index (χ1v) is 7.05. The second-order valence-corrected chi connectivity index (χ2v) is 5.43. The molecule has 0 radical (unpaired) electrons. The summed E-state index contributed by atoms with van der Waals surface area (Å²) in [4.78, 5) is 6.21.